The number of aromatic nitrogens is 3. The van der Waals surface area contributed by atoms with Crippen LogP contribution in [0.15, 0.2) is 36.5 Å². The van der Waals surface area contributed by atoms with Crippen LogP contribution in [0.4, 0.5) is 22.5 Å². The molecule has 0 aliphatic carbocycles. The van der Waals surface area contributed by atoms with Crippen molar-refractivity contribution in [2.75, 3.05) is 29.0 Å². The van der Waals surface area contributed by atoms with Crippen LogP contribution < -0.4 is 16.0 Å². The van der Waals surface area contributed by atoms with Crippen LogP contribution >= 0.6 is 11.3 Å². The van der Waals surface area contributed by atoms with Crippen molar-refractivity contribution in [3.05, 3.63) is 42.2 Å². The van der Waals surface area contributed by atoms with Gasteiger partial charge >= 0.3 is 0 Å². The van der Waals surface area contributed by atoms with Gasteiger partial charge in [-0.15, -0.1) is 0 Å². The molecule has 3 aromatic rings. The summed E-state index contributed by atoms with van der Waals surface area (Å²) >= 11 is 1.44. The van der Waals surface area contributed by atoms with Gasteiger partial charge in [0.15, 0.2) is 5.13 Å². The number of benzene rings is 1. The van der Waals surface area contributed by atoms with Gasteiger partial charge in [0.1, 0.15) is 0 Å². The third kappa shape index (κ3) is 3.62. The van der Waals surface area contributed by atoms with Crippen LogP contribution in [0.25, 0.3) is 10.6 Å². The molecule has 0 unspecified atom stereocenters. The smallest absolute Gasteiger partial charge is 0.227 e. The van der Waals surface area contributed by atoms with Gasteiger partial charge in [-0.3, -0.25) is 0 Å². The standard InChI is InChI=1S/C19H22N6S/c1-13-17(26-18(20)22-13)16-9-10-21-19(24-16)23-14-5-7-15(8-6-14)25-11-3-2-4-12-25/h5-10H,2-4,11-12H2,1H3,(H2,20,22)(H,21,23,24). The van der Waals surface area contributed by atoms with Crippen molar-refractivity contribution in [2.24, 2.45) is 0 Å². The van der Waals surface area contributed by atoms with E-state index in [-0.39, 0.29) is 0 Å². The molecule has 1 aliphatic heterocycles. The minimum atomic E-state index is 0.555. The topological polar surface area (TPSA) is 80.0 Å². The van der Waals surface area contributed by atoms with Crippen molar-refractivity contribution in [3.63, 3.8) is 0 Å². The highest BCUT2D eigenvalue weighted by Gasteiger charge is 2.12. The molecular formula is C19H22N6S. The fourth-order valence-electron chi connectivity index (χ4n) is 3.24. The molecule has 134 valence electrons. The molecule has 0 bridgehead atoms. The summed E-state index contributed by atoms with van der Waals surface area (Å²) in [7, 11) is 0. The lowest BCUT2D eigenvalue weighted by Gasteiger charge is -2.28. The maximum absolute atomic E-state index is 5.80. The first kappa shape index (κ1) is 16.8. The number of nitrogens with zero attached hydrogens (tertiary/aromatic N) is 4. The van der Waals surface area contributed by atoms with E-state index in [2.05, 4.69) is 49.4 Å². The van der Waals surface area contributed by atoms with E-state index in [1.165, 1.54) is 36.3 Å². The molecule has 0 radical (unpaired) electrons. The van der Waals surface area contributed by atoms with Gasteiger partial charge in [-0.2, -0.15) is 0 Å². The first-order valence-corrected chi connectivity index (χ1v) is 9.69. The first-order chi connectivity index (χ1) is 12.7. The van der Waals surface area contributed by atoms with E-state index in [1.54, 1.807) is 6.20 Å². The number of anilines is 4. The Hall–Kier alpha value is -2.67. The van der Waals surface area contributed by atoms with Crippen LogP contribution in [-0.4, -0.2) is 28.0 Å². The van der Waals surface area contributed by atoms with Gasteiger partial charge in [0, 0.05) is 30.7 Å². The van der Waals surface area contributed by atoms with Crippen LogP contribution in [0.1, 0.15) is 25.0 Å². The van der Waals surface area contributed by atoms with Crippen molar-refractivity contribution in [1.29, 1.82) is 0 Å². The fourth-order valence-corrected chi connectivity index (χ4v) is 4.04. The molecule has 0 spiro atoms. The molecular weight excluding hydrogens is 344 g/mol. The zero-order valence-corrected chi connectivity index (χ0v) is 15.6. The van der Waals surface area contributed by atoms with Gasteiger partial charge in [0.05, 0.1) is 16.3 Å². The quantitative estimate of drug-likeness (QED) is 0.719. The van der Waals surface area contributed by atoms with E-state index in [0.717, 1.165) is 35.0 Å². The average molecular weight is 366 g/mol. The van der Waals surface area contributed by atoms with E-state index in [9.17, 15) is 0 Å². The van der Waals surface area contributed by atoms with Gasteiger partial charge in [-0.1, -0.05) is 11.3 Å². The van der Waals surface area contributed by atoms with Crippen LogP contribution in [-0.2, 0) is 0 Å². The van der Waals surface area contributed by atoms with E-state index in [1.807, 2.05) is 13.0 Å². The molecule has 2 aromatic heterocycles. The van der Waals surface area contributed by atoms with E-state index < -0.39 is 0 Å². The summed E-state index contributed by atoms with van der Waals surface area (Å²) < 4.78 is 0. The predicted octanol–water partition coefficient (Wildman–Crippen LogP) is 4.22. The number of thiazole rings is 1. The largest absolute Gasteiger partial charge is 0.375 e. The Morgan fingerprint density at radius 3 is 2.50 bits per heavy atom. The summed E-state index contributed by atoms with van der Waals surface area (Å²) in [5.74, 6) is 0.569. The molecule has 3 heterocycles. The predicted molar refractivity (Wildman–Crippen MR) is 108 cm³/mol. The maximum Gasteiger partial charge on any atom is 0.227 e. The average Bonchev–Trinajstić information content (AvgIpc) is 3.01. The summed E-state index contributed by atoms with van der Waals surface area (Å²) in [6, 6.07) is 10.4. The summed E-state index contributed by atoms with van der Waals surface area (Å²) in [6.07, 6.45) is 5.65. The second kappa shape index (κ2) is 7.29. The maximum atomic E-state index is 5.80. The third-order valence-corrected chi connectivity index (χ3v) is 5.56. The normalized spacial score (nSPS) is 14.4. The Bertz CT molecular complexity index is 883. The van der Waals surface area contributed by atoms with E-state index in [4.69, 9.17) is 5.73 Å². The summed E-state index contributed by atoms with van der Waals surface area (Å²) in [4.78, 5) is 16.6. The molecule has 4 rings (SSSR count). The summed E-state index contributed by atoms with van der Waals surface area (Å²) in [6.45, 7) is 4.24. The molecule has 0 amide bonds. The Morgan fingerprint density at radius 1 is 1.04 bits per heavy atom. The summed E-state index contributed by atoms with van der Waals surface area (Å²) in [5.41, 5.74) is 9.78. The van der Waals surface area contributed by atoms with Gasteiger partial charge in [-0.25, -0.2) is 15.0 Å². The third-order valence-electron chi connectivity index (χ3n) is 4.55. The summed E-state index contributed by atoms with van der Waals surface area (Å²) in [5, 5.41) is 3.84. The molecule has 0 atom stereocenters. The molecule has 0 saturated carbocycles. The zero-order chi connectivity index (χ0) is 17.9. The van der Waals surface area contributed by atoms with Gasteiger partial charge < -0.3 is 16.0 Å². The lowest BCUT2D eigenvalue weighted by Crippen LogP contribution is -2.29. The van der Waals surface area contributed by atoms with Crippen molar-refractivity contribution in [1.82, 2.24) is 15.0 Å². The highest BCUT2D eigenvalue weighted by atomic mass is 32.1. The Morgan fingerprint density at radius 2 is 1.81 bits per heavy atom. The van der Waals surface area contributed by atoms with Gasteiger partial charge in [0.25, 0.3) is 0 Å². The molecule has 6 nitrogen and oxygen atoms in total. The van der Waals surface area contributed by atoms with Crippen LogP contribution in [0.3, 0.4) is 0 Å². The fraction of sp³-hybridized carbons (Fsp3) is 0.316. The Labute approximate surface area is 157 Å². The number of rotatable bonds is 4. The molecule has 1 fully saturated rings. The highest BCUT2D eigenvalue weighted by molar-refractivity contribution is 7.18. The second-order valence-electron chi connectivity index (χ2n) is 6.45. The van der Waals surface area contributed by atoms with Crippen LogP contribution in [0.2, 0.25) is 0 Å². The Kier molecular flexibility index (Phi) is 4.71. The minimum Gasteiger partial charge on any atom is -0.375 e. The lowest BCUT2D eigenvalue weighted by atomic mass is 10.1. The number of aryl methyl sites for hydroxylation is 1. The SMILES string of the molecule is Cc1nc(N)sc1-c1ccnc(Nc2ccc(N3CCCCC3)cc2)n1. The van der Waals surface area contributed by atoms with Crippen molar-refractivity contribution in [3.8, 4) is 10.6 Å². The number of hydrogen-bond donors (Lipinski definition) is 2. The minimum absolute atomic E-state index is 0.555. The van der Waals surface area contributed by atoms with Crippen molar-refractivity contribution in [2.45, 2.75) is 26.2 Å². The lowest BCUT2D eigenvalue weighted by molar-refractivity contribution is 0.578. The number of nitrogens with one attached hydrogen (secondary N) is 1. The number of piperidine rings is 1. The number of nitrogen functional groups attached to an aromatic ring is 1. The highest BCUT2D eigenvalue weighted by Crippen LogP contribution is 2.30. The molecule has 7 heteroatoms. The zero-order valence-electron chi connectivity index (χ0n) is 14.8. The monoisotopic (exact) mass is 366 g/mol. The molecule has 1 aliphatic rings. The first-order valence-electron chi connectivity index (χ1n) is 8.87. The number of nitrogens with two attached hydrogens (primary N) is 1. The van der Waals surface area contributed by atoms with Gasteiger partial charge in [0.2, 0.25) is 5.95 Å². The Balaban J connectivity index is 1.50. The van der Waals surface area contributed by atoms with Crippen LogP contribution in [0, 0.1) is 6.92 Å². The van der Waals surface area contributed by atoms with Crippen molar-refractivity contribution < 1.29 is 0 Å². The van der Waals surface area contributed by atoms with E-state index >= 15 is 0 Å². The molecule has 1 saturated heterocycles. The van der Waals surface area contributed by atoms with Crippen LogP contribution in [0.5, 0.6) is 0 Å². The van der Waals surface area contributed by atoms with Gasteiger partial charge in [-0.05, 0) is 56.5 Å². The van der Waals surface area contributed by atoms with E-state index in [0.29, 0.717) is 11.1 Å². The molecule has 1 aromatic carbocycles. The second-order valence-corrected chi connectivity index (χ2v) is 7.48. The van der Waals surface area contributed by atoms with Crippen molar-refractivity contribution >= 4 is 33.8 Å². The number of hydrogen-bond acceptors (Lipinski definition) is 7. The molecule has 26 heavy (non-hydrogen) atoms. The molecule has 3 N–H and O–H groups in total.